The molecule has 0 aliphatic heterocycles. The lowest BCUT2D eigenvalue weighted by Crippen LogP contribution is -2.48. The van der Waals surface area contributed by atoms with E-state index < -0.39 is 11.4 Å². The second-order valence-corrected chi connectivity index (χ2v) is 9.30. The van der Waals surface area contributed by atoms with Crippen molar-refractivity contribution < 1.29 is 14.3 Å². The van der Waals surface area contributed by atoms with Crippen LogP contribution in [0.25, 0.3) is 11.0 Å². The standard InChI is InChI=1S/C25H25N3O3/c1-23(2)24(3)13-14-25(23,20-19(24)27-17-7-5-6-8-18(17)28-20)22(30)26-16-11-9-15(10-12-16)21(29)31-4/h5-12H,13-14H2,1-4H3,(H,26,30)/t24-,25+/m1/s1. The molecule has 3 aromatic rings. The van der Waals surface area contributed by atoms with Crippen molar-refractivity contribution in [1.29, 1.82) is 0 Å². The predicted octanol–water partition coefficient (Wildman–Crippen LogP) is 4.38. The van der Waals surface area contributed by atoms with Gasteiger partial charge in [0, 0.05) is 11.1 Å². The van der Waals surface area contributed by atoms with Crippen molar-refractivity contribution in [2.75, 3.05) is 12.4 Å². The lowest BCUT2D eigenvalue weighted by molar-refractivity contribution is -0.125. The average Bonchev–Trinajstić information content (AvgIpc) is 3.07. The Morgan fingerprint density at radius 3 is 2.13 bits per heavy atom. The van der Waals surface area contributed by atoms with Gasteiger partial charge in [-0.1, -0.05) is 32.9 Å². The summed E-state index contributed by atoms with van der Waals surface area (Å²) in [7, 11) is 1.35. The fourth-order valence-corrected chi connectivity index (χ4v) is 5.59. The first-order chi connectivity index (χ1) is 14.7. The maximum Gasteiger partial charge on any atom is 0.337 e. The number of fused-ring (bicyclic) bond motifs is 6. The zero-order valence-electron chi connectivity index (χ0n) is 18.2. The van der Waals surface area contributed by atoms with E-state index in [1.54, 1.807) is 24.3 Å². The molecule has 158 valence electrons. The van der Waals surface area contributed by atoms with Gasteiger partial charge in [-0.15, -0.1) is 0 Å². The van der Waals surface area contributed by atoms with Gasteiger partial charge in [-0.2, -0.15) is 0 Å². The summed E-state index contributed by atoms with van der Waals surface area (Å²) in [6.45, 7) is 6.53. The van der Waals surface area contributed by atoms with Gasteiger partial charge in [0.2, 0.25) is 5.91 Å². The quantitative estimate of drug-likeness (QED) is 0.642. The molecule has 0 unspecified atom stereocenters. The van der Waals surface area contributed by atoms with E-state index in [-0.39, 0.29) is 16.7 Å². The van der Waals surface area contributed by atoms with E-state index in [2.05, 4.69) is 26.1 Å². The van der Waals surface area contributed by atoms with Crippen LogP contribution in [0.5, 0.6) is 0 Å². The van der Waals surface area contributed by atoms with Gasteiger partial charge in [0.05, 0.1) is 40.5 Å². The molecule has 1 saturated carbocycles. The first kappa shape index (κ1) is 19.7. The third-order valence-corrected chi connectivity index (χ3v) is 7.90. The zero-order valence-corrected chi connectivity index (χ0v) is 18.2. The van der Waals surface area contributed by atoms with Crippen molar-refractivity contribution in [3.05, 3.63) is 65.5 Å². The summed E-state index contributed by atoms with van der Waals surface area (Å²) in [6, 6.07) is 14.6. The lowest BCUT2D eigenvalue weighted by Gasteiger charge is -2.39. The van der Waals surface area contributed by atoms with E-state index in [4.69, 9.17) is 14.7 Å². The van der Waals surface area contributed by atoms with Crippen LogP contribution in [-0.2, 0) is 20.4 Å². The molecule has 2 aliphatic carbocycles. The fourth-order valence-electron chi connectivity index (χ4n) is 5.59. The van der Waals surface area contributed by atoms with Crippen molar-refractivity contribution in [2.45, 2.75) is 44.4 Å². The van der Waals surface area contributed by atoms with Crippen LogP contribution in [-0.4, -0.2) is 29.0 Å². The van der Waals surface area contributed by atoms with Crippen LogP contribution in [0.3, 0.4) is 0 Å². The van der Waals surface area contributed by atoms with Crippen molar-refractivity contribution >= 4 is 28.6 Å². The number of carbonyl (C=O) groups excluding carboxylic acids is 2. The summed E-state index contributed by atoms with van der Waals surface area (Å²) in [5, 5.41) is 3.09. The third-order valence-electron chi connectivity index (χ3n) is 7.90. The first-order valence-corrected chi connectivity index (χ1v) is 10.5. The minimum atomic E-state index is -0.769. The number of anilines is 1. The number of nitrogens with one attached hydrogen (secondary N) is 1. The summed E-state index contributed by atoms with van der Waals surface area (Å²) in [6.07, 6.45) is 1.61. The number of benzene rings is 2. The fraction of sp³-hybridized carbons (Fsp3) is 0.360. The summed E-state index contributed by atoms with van der Waals surface area (Å²) in [5.74, 6) is -0.480. The molecular weight excluding hydrogens is 390 g/mol. The van der Waals surface area contributed by atoms with Crippen LogP contribution in [0.2, 0.25) is 0 Å². The molecule has 1 N–H and O–H groups in total. The van der Waals surface area contributed by atoms with Gasteiger partial charge >= 0.3 is 5.97 Å². The van der Waals surface area contributed by atoms with Gasteiger partial charge < -0.3 is 10.1 Å². The number of esters is 1. The topological polar surface area (TPSA) is 81.2 Å². The molecule has 0 spiro atoms. The average molecular weight is 415 g/mol. The van der Waals surface area contributed by atoms with Crippen LogP contribution < -0.4 is 5.32 Å². The van der Waals surface area contributed by atoms with E-state index >= 15 is 0 Å². The Hall–Kier alpha value is -3.28. The van der Waals surface area contributed by atoms with Gasteiger partial charge in [-0.25, -0.2) is 14.8 Å². The highest BCUT2D eigenvalue weighted by Gasteiger charge is 2.73. The maximum absolute atomic E-state index is 13.9. The summed E-state index contributed by atoms with van der Waals surface area (Å²) in [4.78, 5) is 35.5. The number of ether oxygens (including phenoxy) is 1. The molecular formula is C25H25N3O3. The number of amides is 1. The Bertz CT molecular complexity index is 1230. The molecule has 1 amide bonds. The molecule has 2 atom stereocenters. The number of nitrogens with zero attached hydrogens (tertiary/aromatic N) is 2. The number of carbonyl (C=O) groups is 2. The Morgan fingerprint density at radius 1 is 0.903 bits per heavy atom. The summed E-state index contributed by atoms with van der Waals surface area (Å²) >= 11 is 0. The molecule has 1 aromatic heterocycles. The number of hydrogen-bond donors (Lipinski definition) is 1. The van der Waals surface area contributed by atoms with E-state index in [1.165, 1.54) is 7.11 Å². The minimum Gasteiger partial charge on any atom is -0.465 e. The number of aromatic nitrogens is 2. The molecule has 2 bridgehead atoms. The number of rotatable bonds is 3. The third kappa shape index (κ3) is 2.39. The van der Waals surface area contributed by atoms with Crippen molar-refractivity contribution in [2.24, 2.45) is 5.41 Å². The van der Waals surface area contributed by atoms with Crippen LogP contribution in [0, 0.1) is 5.41 Å². The van der Waals surface area contributed by atoms with Crippen molar-refractivity contribution in [1.82, 2.24) is 9.97 Å². The molecule has 2 aromatic carbocycles. The second kappa shape index (κ2) is 6.36. The predicted molar refractivity (Wildman–Crippen MR) is 118 cm³/mol. The molecule has 6 heteroatoms. The molecule has 0 saturated heterocycles. The summed E-state index contributed by atoms with van der Waals surface area (Å²) < 4.78 is 4.75. The number of methoxy groups -OCH3 is 1. The van der Waals surface area contributed by atoms with Gasteiger partial charge in [0.1, 0.15) is 0 Å². The number of hydrogen-bond acceptors (Lipinski definition) is 5. The van der Waals surface area contributed by atoms with E-state index in [1.807, 2.05) is 24.3 Å². The van der Waals surface area contributed by atoms with Crippen LogP contribution >= 0.6 is 0 Å². The highest BCUT2D eigenvalue weighted by Crippen LogP contribution is 2.70. The monoisotopic (exact) mass is 415 g/mol. The molecule has 2 aliphatic rings. The Morgan fingerprint density at radius 2 is 1.52 bits per heavy atom. The SMILES string of the molecule is COC(=O)c1ccc(NC(=O)[C@]23CC[C@](C)(c4nc5ccccc5nc42)C3(C)C)cc1. The first-order valence-electron chi connectivity index (χ1n) is 10.5. The highest BCUT2D eigenvalue weighted by molar-refractivity contribution is 6.02. The van der Waals surface area contributed by atoms with E-state index in [0.717, 1.165) is 35.3 Å². The largest absolute Gasteiger partial charge is 0.465 e. The minimum absolute atomic E-state index is 0.0737. The van der Waals surface area contributed by atoms with Gasteiger partial charge in [-0.3, -0.25) is 4.79 Å². The molecule has 0 radical (unpaired) electrons. The van der Waals surface area contributed by atoms with Crippen LogP contribution in [0.4, 0.5) is 5.69 Å². The molecule has 5 rings (SSSR count). The van der Waals surface area contributed by atoms with Gasteiger partial charge in [0.25, 0.3) is 0 Å². The highest BCUT2D eigenvalue weighted by atomic mass is 16.5. The Labute approximate surface area is 181 Å². The second-order valence-electron chi connectivity index (χ2n) is 9.30. The number of para-hydroxylation sites is 2. The maximum atomic E-state index is 13.9. The van der Waals surface area contributed by atoms with Crippen LogP contribution in [0.15, 0.2) is 48.5 Å². The summed E-state index contributed by atoms with van der Waals surface area (Å²) in [5.41, 5.74) is 3.14. The van der Waals surface area contributed by atoms with Gasteiger partial charge in [-0.05, 0) is 54.7 Å². The lowest BCUT2D eigenvalue weighted by atomic mass is 9.63. The molecule has 1 heterocycles. The van der Waals surface area contributed by atoms with Crippen molar-refractivity contribution in [3.63, 3.8) is 0 Å². The van der Waals surface area contributed by atoms with Gasteiger partial charge in [0.15, 0.2) is 0 Å². The van der Waals surface area contributed by atoms with Crippen molar-refractivity contribution in [3.8, 4) is 0 Å². The zero-order chi connectivity index (χ0) is 22.0. The van der Waals surface area contributed by atoms with Crippen LogP contribution in [0.1, 0.15) is 55.4 Å². The van der Waals surface area contributed by atoms with E-state index in [9.17, 15) is 9.59 Å². The smallest absolute Gasteiger partial charge is 0.337 e. The molecule has 31 heavy (non-hydrogen) atoms. The normalized spacial score (nSPS) is 25.3. The molecule has 1 fully saturated rings. The van der Waals surface area contributed by atoms with E-state index in [0.29, 0.717) is 11.3 Å². The Balaban J connectivity index is 1.59. The molecule has 6 nitrogen and oxygen atoms in total. The Kier molecular flexibility index (Phi) is 4.04.